The van der Waals surface area contributed by atoms with E-state index in [4.69, 9.17) is 0 Å². The molecule has 4 heterocycles. The third kappa shape index (κ3) is 4.23. The average Bonchev–Trinajstić information content (AvgIpc) is 3.87. The molecule has 4 N–H and O–H groups in total. The van der Waals surface area contributed by atoms with Gasteiger partial charge in [0, 0.05) is 0 Å². The van der Waals surface area contributed by atoms with Crippen LogP contribution in [0.4, 0.5) is 0 Å². The summed E-state index contributed by atoms with van der Waals surface area (Å²) in [7, 11) is 0. The lowest BCUT2D eigenvalue weighted by Crippen LogP contribution is -3.08. The third-order valence-electron chi connectivity index (χ3n) is 8.74. The fourth-order valence-electron chi connectivity index (χ4n) is 7.29. The normalized spacial score (nSPS) is 27.1. The second-order valence-corrected chi connectivity index (χ2v) is 10.6. The van der Waals surface area contributed by atoms with Crippen LogP contribution in [0.5, 0.6) is 0 Å². The highest BCUT2D eigenvalue weighted by Crippen LogP contribution is 2.58. The molecule has 4 unspecified atom stereocenters. The van der Waals surface area contributed by atoms with Crippen LogP contribution >= 0.6 is 0 Å². The van der Waals surface area contributed by atoms with E-state index in [0.29, 0.717) is 0 Å². The first-order chi connectivity index (χ1) is 26.2. The predicted molar refractivity (Wildman–Crippen MR) is 153 cm³/mol. The predicted octanol–water partition coefficient (Wildman–Crippen LogP) is -6.00. The fraction of sp³-hybridized carbons (Fsp3) is 0.333. The Labute approximate surface area is 300 Å². The second kappa shape index (κ2) is 12.1. The zero-order chi connectivity index (χ0) is 43.7. The molecule has 4 aliphatic rings. The number of hydrogen-bond donors (Lipinski definition) is 4. The van der Waals surface area contributed by atoms with Crippen LogP contribution in [0.2, 0.25) is 0 Å². The van der Waals surface area contributed by atoms with E-state index in [9.17, 15) is 121 Å². The molecule has 45 heteroatoms. The van der Waals surface area contributed by atoms with E-state index in [1.54, 1.807) is 0 Å². The van der Waals surface area contributed by atoms with E-state index in [2.05, 4.69) is 0 Å². The number of hydrogen-bond acceptors (Lipinski definition) is 28. The van der Waals surface area contributed by atoms with Crippen molar-refractivity contribution >= 4 is 6.15 Å². The van der Waals surface area contributed by atoms with Crippen LogP contribution < -0.4 is 21.3 Å². The van der Waals surface area contributed by atoms with Gasteiger partial charge in [0.1, 0.15) is 44.8 Å². The third-order valence-corrected chi connectivity index (χ3v) is 8.74. The zero-order valence-corrected chi connectivity index (χ0v) is 25.8. The van der Waals surface area contributed by atoms with Gasteiger partial charge in [-0.3, -0.25) is 40.5 Å². The van der Waals surface area contributed by atoms with Gasteiger partial charge in [0.25, 0.3) is 20.1 Å². The number of rotatable bonds is 16. The molecule has 0 aromatic heterocycles. The fourth-order valence-corrected chi connectivity index (χ4v) is 7.29. The molecule has 0 spiro atoms. The van der Waals surface area contributed by atoms with Crippen LogP contribution in [-0.2, 0) is 0 Å². The minimum absolute atomic E-state index is 0.703. The largest absolute Gasteiger partial charge is 0.660 e. The van der Waals surface area contributed by atoms with Gasteiger partial charge in [-0.1, -0.05) is 0 Å². The molecule has 4 aliphatic heterocycles. The van der Waals surface area contributed by atoms with Gasteiger partial charge < -0.3 is 61.7 Å². The van der Waals surface area contributed by atoms with Crippen molar-refractivity contribution in [1.82, 2.24) is 41.3 Å². The van der Waals surface area contributed by atoms with Crippen molar-refractivity contribution in [1.29, 1.82) is 0 Å². The van der Waals surface area contributed by atoms with Crippen molar-refractivity contribution in [2.24, 2.45) is 0 Å². The molecule has 0 bridgehead atoms. The standard InChI is InChI=1S/C12H8BN20O24/c34-22(35)5-1-14-9(26(42)43,18(5)30(50)51)13(10(27(44)45)15-2-6(23(36)37)19(10)31(52)53,11(28(46)47)16-3-7(24(38)39)20(11)32(54)55)12(29(48)49)17-4-8(25(40)41)21(12)33(56)57/h1-4,14-17H/q-1. The molecule has 57 heavy (non-hydrogen) atoms. The molecule has 0 saturated heterocycles. The quantitative estimate of drug-likeness (QED) is 0.0639. The lowest BCUT2D eigenvalue weighted by atomic mass is 9.07. The summed E-state index contributed by atoms with van der Waals surface area (Å²) in [6.45, 7) is 0. The van der Waals surface area contributed by atoms with Gasteiger partial charge in [0.05, 0.1) is 19.7 Å². The molecule has 0 amide bonds. The molecule has 4 atom stereocenters. The SMILES string of the molecule is O=[N+]([O-])C1=CNC([N+](=O)[O-])([B-](C2([N+](=O)[O-])NC=C([N+](=O)[O-])N2[N+](=O)[O-])(C2([N+](=O)[O-])NC=C([N+](=O)[O-])N2[N+](=O)[O-])C2([N+](=O)[O-])NC=C([N+](=O)[O-])N2[N+](=O)[O-])N1[N+](=O)[O-]. The van der Waals surface area contributed by atoms with E-state index in [1.807, 2.05) is 0 Å². The molecule has 4 rings (SSSR count). The van der Waals surface area contributed by atoms with Crippen LogP contribution in [0, 0.1) is 121 Å². The summed E-state index contributed by atoms with van der Waals surface area (Å²) in [6.07, 6.45) is -10.7. The molecule has 44 nitrogen and oxygen atoms in total. The molecular formula is C12H8BN20O24-. The Bertz CT molecular complexity index is 1890. The van der Waals surface area contributed by atoms with Crippen LogP contribution in [0.25, 0.3) is 0 Å². The summed E-state index contributed by atoms with van der Waals surface area (Å²) in [4.78, 5) is 135. The molecule has 0 aromatic rings. The Balaban J connectivity index is 2.72. The van der Waals surface area contributed by atoms with Crippen molar-refractivity contribution in [3.05, 3.63) is 169 Å². The number of nitrogens with one attached hydrogen (secondary N) is 4. The van der Waals surface area contributed by atoms with E-state index in [1.165, 1.54) is 0 Å². The van der Waals surface area contributed by atoms with Crippen molar-refractivity contribution in [2.45, 2.75) is 22.7 Å². The highest BCUT2D eigenvalue weighted by Gasteiger charge is 3.19. The summed E-state index contributed by atoms with van der Waals surface area (Å²) in [5, 5.41) is 141. The van der Waals surface area contributed by atoms with Crippen LogP contribution in [-0.4, -0.2) is 108 Å². The first-order valence-electron chi connectivity index (χ1n) is 13.2. The summed E-state index contributed by atoms with van der Waals surface area (Å²) < 4.78 is 0. The van der Waals surface area contributed by atoms with Crippen LogP contribution in [0.1, 0.15) is 0 Å². The number of nitrogens with zero attached hydrogens (tertiary/aromatic N) is 16. The van der Waals surface area contributed by atoms with Gasteiger partial charge in [-0.2, -0.15) is 0 Å². The zero-order valence-electron chi connectivity index (χ0n) is 25.8. The van der Waals surface area contributed by atoms with Gasteiger partial charge in [-0.15, -0.1) is 0 Å². The second-order valence-electron chi connectivity index (χ2n) is 10.6. The van der Waals surface area contributed by atoms with Crippen molar-refractivity contribution in [2.75, 3.05) is 0 Å². The van der Waals surface area contributed by atoms with Gasteiger partial charge >= 0.3 is 52.2 Å². The smallest absolute Gasteiger partial charge is 0.358 e. The molecule has 0 radical (unpaired) electrons. The molecule has 304 valence electrons. The Hall–Kier alpha value is -9.78. The van der Waals surface area contributed by atoms with Crippen molar-refractivity contribution < 1.29 is 59.5 Å². The highest BCUT2D eigenvalue weighted by atomic mass is 16.7. The first-order valence-corrected chi connectivity index (χ1v) is 13.2. The minimum atomic E-state index is -7.89. The highest BCUT2D eigenvalue weighted by molar-refractivity contribution is 6.89. The molecule has 0 saturated carbocycles. The van der Waals surface area contributed by atoms with E-state index in [0.717, 1.165) is 21.3 Å². The maximum atomic E-state index is 13.7. The summed E-state index contributed by atoms with van der Waals surface area (Å²) in [5.74, 6) is -10.4. The minimum Gasteiger partial charge on any atom is -0.358 e. The Morgan fingerprint density at radius 2 is 0.509 bits per heavy atom. The summed E-state index contributed by atoms with van der Waals surface area (Å²) in [5.41, 5.74) is -23.8. The van der Waals surface area contributed by atoms with E-state index in [-0.39, 0.29) is 0 Å². The molecular weight excluding hydrogens is 819 g/mol. The molecule has 0 aromatic carbocycles. The van der Waals surface area contributed by atoms with Gasteiger partial charge in [0.2, 0.25) is 0 Å². The van der Waals surface area contributed by atoms with Crippen molar-refractivity contribution in [3.63, 3.8) is 0 Å². The molecule has 0 aliphatic carbocycles. The lowest BCUT2D eigenvalue weighted by molar-refractivity contribution is -0.799. The monoisotopic (exact) mass is 827 g/mol. The molecule has 0 fully saturated rings. The summed E-state index contributed by atoms with van der Waals surface area (Å²) >= 11 is 0. The van der Waals surface area contributed by atoms with Crippen molar-refractivity contribution in [3.8, 4) is 0 Å². The Kier molecular flexibility index (Phi) is 8.52. The topological polar surface area (TPSA) is 579 Å². The van der Waals surface area contributed by atoms with Gasteiger partial charge in [0.15, 0.2) is 0 Å². The summed E-state index contributed by atoms with van der Waals surface area (Å²) in [6, 6.07) is 0. The number of nitro groups is 12. The van der Waals surface area contributed by atoms with E-state index < -0.39 is 157 Å². The Morgan fingerprint density at radius 3 is 0.614 bits per heavy atom. The van der Waals surface area contributed by atoms with Gasteiger partial charge in [-0.05, 0) is 19.7 Å². The Morgan fingerprint density at radius 1 is 0.351 bits per heavy atom. The van der Waals surface area contributed by atoms with E-state index >= 15 is 0 Å². The number of hydrazine groups is 4. The van der Waals surface area contributed by atoms with Crippen LogP contribution in [0.3, 0.4) is 0 Å². The van der Waals surface area contributed by atoms with Gasteiger partial charge in [-0.25, -0.2) is 40.5 Å². The first kappa shape index (κ1) is 40.0. The maximum Gasteiger partial charge on any atom is 0.660 e. The van der Waals surface area contributed by atoms with Crippen LogP contribution in [0.15, 0.2) is 48.1 Å². The lowest BCUT2D eigenvalue weighted by Gasteiger charge is -2.49. The maximum absolute atomic E-state index is 13.7. The average molecular weight is 827 g/mol.